The van der Waals surface area contributed by atoms with Crippen LogP contribution in [-0.4, -0.2) is 44.7 Å². The number of hydrogen-bond acceptors (Lipinski definition) is 3. The van der Waals surface area contributed by atoms with E-state index in [4.69, 9.17) is 0 Å². The Hall–Kier alpha value is -0.130. The molecule has 96 valence electrons. The van der Waals surface area contributed by atoms with E-state index in [0.29, 0.717) is 25.4 Å². The monoisotopic (exact) mass is 248 g/mol. The van der Waals surface area contributed by atoms with Crippen molar-refractivity contribution in [3.05, 3.63) is 0 Å². The third-order valence-electron chi connectivity index (χ3n) is 3.13. The summed E-state index contributed by atoms with van der Waals surface area (Å²) in [6.45, 7) is 7.20. The van der Waals surface area contributed by atoms with E-state index < -0.39 is 10.0 Å². The van der Waals surface area contributed by atoms with Crippen molar-refractivity contribution >= 4 is 10.0 Å². The Kier molecular flexibility index (Phi) is 5.72. The van der Waals surface area contributed by atoms with Crippen LogP contribution in [0.2, 0.25) is 0 Å². The minimum absolute atomic E-state index is 0.284. The fraction of sp³-hybridized carbons (Fsp3) is 1.00. The van der Waals surface area contributed by atoms with Crippen LogP contribution in [0.15, 0.2) is 0 Å². The molecule has 0 aliphatic carbocycles. The lowest BCUT2D eigenvalue weighted by Gasteiger charge is -2.28. The van der Waals surface area contributed by atoms with Crippen LogP contribution >= 0.6 is 0 Å². The molecule has 0 atom stereocenters. The minimum atomic E-state index is -3.01. The molecule has 0 spiro atoms. The maximum atomic E-state index is 11.9. The number of rotatable bonds is 6. The number of hydrogen-bond donors (Lipinski definition) is 1. The van der Waals surface area contributed by atoms with Gasteiger partial charge in [0, 0.05) is 13.1 Å². The fourth-order valence-electron chi connectivity index (χ4n) is 2.18. The van der Waals surface area contributed by atoms with Gasteiger partial charge in [0.2, 0.25) is 10.0 Å². The third-order valence-corrected chi connectivity index (χ3v) is 5.25. The van der Waals surface area contributed by atoms with Gasteiger partial charge in [-0.2, -0.15) is 0 Å². The lowest BCUT2D eigenvalue weighted by atomic mass is 9.98. The Balaban J connectivity index is 2.53. The van der Waals surface area contributed by atoms with Crippen LogP contribution in [0.3, 0.4) is 0 Å². The van der Waals surface area contributed by atoms with Gasteiger partial charge in [-0.05, 0) is 38.3 Å². The van der Waals surface area contributed by atoms with Gasteiger partial charge in [0.1, 0.15) is 0 Å². The first-order valence-electron chi connectivity index (χ1n) is 6.28. The maximum Gasteiger partial charge on any atom is 0.214 e. The van der Waals surface area contributed by atoms with Crippen molar-refractivity contribution in [1.29, 1.82) is 0 Å². The molecule has 1 N–H and O–H groups in total. The van der Waals surface area contributed by atoms with Crippen LogP contribution in [0.25, 0.3) is 0 Å². The van der Waals surface area contributed by atoms with Gasteiger partial charge in [-0.25, -0.2) is 12.7 Å². The van der Waals surface area contributed by atoms with Crippen molar-refractivity contribution < 1.29 is 8.42 Å². The van der Waals surface area contributed by atoms with E-state index in [-0.39, 0.29) is 5.75 Å². The quantitative estimate of drug-likeness (QED) is 0.764. The molecule has 1 heterocycles. The zero-order chi connectivity index (χ0) is 12.0. The van der Waals surface area contributed by atoms with Crippen LogP contribution in [0.4, 0.5) is 0 Å². The molecule has 4 nitrogen and oxygen atoms in total. The molecule has 16 heavy (non-hydrogen) atoms. The van der Waals surface area contributed by atoms with E-state index in [1.54, 1.807) is 4.31 Å². The molecule has 0 amide bonds. The van der Waals surface area contributed by atoms with E-state index >= 15 is 0 Å². The topological polar surface area (TPSA) is 49.4 Å². The van der Waals surface area contributed by atoms with Gasteiger partial charge in [0.05, 0.1) is 5.75 Å². The Morgan fingerprint density at radius 3 is 2.38 bits per heavy atom. The normalized spacial score (nSPS) is 19.2. The Morgan fingerprint density at radius 2 is 1.88 bits per heavy atom. The molecule has 1 aliphatic rings. The van der Waals surface area contributed by atoms with E-state index in [1.807, 2.05) is 13.8 Å². The fourth-order valence-corrected chi connectivity index (χ4v) is 3.78. The smallest absolute Gasteiger partial charge is 0.214 e. The van der Waals surface area contributed by atoms with Gasteiger partial charge in [0.25, 0.3) is 0 Å². The summed E-state index contributed by atoms with van der Waals surface area (Å²) in [4.78, 5) is 0. The second-order valence-electron chi connectivity index (χ2n) is 4.46. The summed E-state index contributed by atoms with van der Waals surface area (Å²) < 4.78 is 25.6. The summed E-state index contributed by atoms with van der Waals surface area (Å²) in [7, 11) is -3.01. The van der Waals surface area contributed by atoms with Crippen molar-refractivity contribution in [2.75, 3.05) is 31.9 Å². The van der Waals surface area contributed by atoms with Crippen molar-refractivity contribution in [1.82, 2.24) is 9.62 Å². The van der Waals surface area contributed by atoms with Crippen molar-refractivity contribution in [3.8, 4) is 0 Å². The molecule has 1 rings (SSSR count). The van der Waals surface area contributed by atoms with Crippen LogP contribution in [0, 0.1) is 5.92 Å². The lowest BCUT2D eigenvalue weighted by molar-refractivity contribution is 0.294. The van der Waals surface area contributed by atoms with E-state index in [2.05, 4.69) is 5.32 Å². The van der Waals surface area contributed by atoms with Crippen LogP contribution in [0.1, 0.15) is 33.1 Å². The molecule has 0 saturated carbocycles. The average Bonchev–Trinajstić information content (AvgIpc) is 2.27. The van der Waals surface area contributed by atoms with E-state index in [0.717, 1.165) is 25.9 Å². The standard InChI is InChI=1S/C11H24N2O2S/c1-3-9-16(14,15)13(4-2)10-11-5-7-12-8-6-11/h11-12H,3-10H2,1-2H3. The summed E-state index contributed by atoms with van der Waals surface area (Å²) in [6, 6.07) is 0. The van der Waals surface area contributed by atoms with Gasteiger partial charge < -0.3 is 5.32 Å². The highest BCUT2D eigenvalue weighted by atomic mass is 32.2. The Morgan fingerprint density at radius 1 is 1.25 bits per heavy atom. The highest BCUT2D eigenvalue weighted by Gasteiger charge is 2.23. The molecular weight excluding hydrogens is 224 g/mol. The van der Waals surface area contributed by atoms with Gasteiger partial charge in [-0.15, -0.1) is 0 Å². The number of sulfonamides is 1. The number of piperidine rings is 1. The molecule has 0 aromatic rings. The lowest BCUT2D eigenvalue weighted by Crippen LogP contribution is -2.40. The van der Waals surface area contributed by atoms with E-state index in [1.165, 1.54) is 0 Å². The average molecular weight is 248 g/mol. The molecule has 0 radical (unpaired) electrons. The molecule has 5 heteroatoms. The summed E-state index contributed by atoms with van der Waals surface area (Å²) in [5.41, 5.74) is 0. The Labute approximate surface area is 99.5 Å². The first-order chi connectivity index (χ1) is 7.60. The van der Waals surface area contributed by atoms with Gasteiger partial charge in [0.15, 0.2) is 0 Å². The first kappa shape index (κ1) is 13.9. The minimum Gasteiger partial charge on any atom is -0.317 e. The predicted octanol–water partition coefficient (Wildman–Crippen LogP) is 1.05. The van der Waals surface area contributed by atoms with Gasteiger partial charge in [-0.1, -0.05) is 13.8 Å². The molecule has 0 bridgehead atoms. The summed E-state index contributed by atoms with van der Waals surface area (Å²) in [6.07, 6.45) is 2.89. The molecule has 0 unspecified atom stereocenters. The molecule has 1 saturated heterocycles. The van der Waals surface area contributed by atoms with Crippen LogP contribution in [0.5, 0.6) is 0 Å². The highest BCUT2D eigenvalue weighted by Crippen LogP contribution is 2.16. The molecule has 0 aromatic carbocycles. The third kappa shape index (κ3) is 4.03. The first-order valence-corrected chi connectivity index (χ1v) is 7.89. The number of nitrogens with one attached hydrogen (secondary N) is 1. The van der Waals surface area contributed by atoms with Crippen molar-refractivity contribution in [2.45, 2.75) is 33.1 Å². The molecular formula is C11H24N2O2S. The highest BCUT2D eigenvalue weighted by molar-refractivity contribution is 7.89. The summed E-state index contributed by atoms with van der Waals surface area (Å²) >= 11 is 0. The largest absolute Gasteiger partial charge is 0.317 e. The zero-order valence-electron chi connectivity index (χ0n) is 10.4. The molecule has 0 aromatic heterocycles. The SMILES string of the molecule is CCCS(=O)(=O)N(CC)CC1CCNCC1. The second-order valence-corrected chi connectivity index (χ2v) is 6.55. The maximum absolute atomic E-state index is 11.9. The van der Waals surface area contributed by atoms with Crippen molar-refractivity contribution in [3.63, 3.8) is 0 Å². The van der Waals surface area contributed by atoms with E-state index in [9.17, 15) is 8.42 Å². The zero-order valence-corrected chi connectivity index (χ0v) is 11.2. The van der Waals surface area contributed by atoms with Crippen LogP contribution in [-0.2, 0) is 10.0 Å². The number of nitrogens with zero attached hydrogens (tertiary/aromatic N) is 1. The van der Waals surface area contributed by atoms with Crippen molar-refractivity contribution in [2.24, 2.45) is 5.92 Å². The Bertz CT molecular complexity index is 284. The molecule has 1 fully saturated rings. The predicted molar refractivity (Wildman–Crippen MR) is 66.9 cm³/mol. The second kappa shape index (κ2) is 6.57. The summed E-state index contributed by atoms with van der Waals surface area (Å²) in [5, 5.41) is 3.30. The summed E-state index contributed by atoms with van der Waals surface area (Å²) in [5.74, 6) is 0.819. The van der Waals surface area contributed by atoms with Gasteiger partial charge >= 0.3 is 0 Å². The molecule has 1 aliphatic heterocycles. The van der Waals surface area contributed by atoms with Crippen LogP contribution < -0.4 is 5.32 Å². The van der Waals surface area contributed by atoms with Gasteiger partial charge in [-0.3, -0.25) is 0 Å².